The smallest absolute Gasteiger partial charge is 0.309 e. The van der Waals surface area contributed by atoms with E-state index in [0.717, 1.165) is 0 Å². The maximum Gasteiger partial charge on any atom is 0.309 e. The molecule has 0 unspecified atom stereocenters. The lowest BCUT2D eigenvalue weighted by Crippen LogP contribution is -2.26. The van der Waals surface area contributed by atoms with Crippen LogP contribution in [0.25, 0.3) is 0 Å². The van der Waals surface area contributed by atoms with Crippen molar-refractivity contribution in [2.45, 2.75) is 20.3 Å². The molecule has 4 nitrogen and oxygen atoms in total. The summed E-state index contributed by atoms with van der Waals surface area (Å²) in [6.45, 7) is 3.05. The van der Waals surface area contributed by atoms with E-state index < -0.39 is 17.2 Å². The van der Waals surface area contributed by atoms with E-state index >= 15 is 0 Å². The van der Waals surface area contributed by atoms with Crippen molar-refractivity contribution < 1.29 is 24.1 Å². The number of aliphatic carboxylic acids is 1. The summed E-state index contributed by atoms with van der Waals surface area (Å²) in [4.78, 5) is 11.0. The van der Waals surface area contributed by atoms with Gasteiger partial charge in [-0.2, -0.15) is 0 Å². The van der Waals surface area contributed by atoms with Crippen molar-refractivity contribution in [1.29, 1.82) is 0 Å². The number of carbonyl (C=O) groups is 1. The van der Waals surface area contributed by atoms with Gasteiger partial charge in [-0.25, -0.2) is 4.39 Å². The van der Waals surface area contributed by atoms with E-state index in [2.05, 4.69) is 15.9 Å². The van der Waals surface area contributed by atoms with Gasteiger partial charge in [-0.3, -0.25) is 4.79 Å². The van der Waals surface area contributed by atoms with Crippen molar-refractivity contribution in [2.24, 2.45) is 5.41 Å². The van der Waals surface area contributed by atoms with Crippen molar-refractivity contribution in [3.63, 3.8) is 0 Å². The second kappa shape index (κ2) is 5.14. The van der Waals surface area contributed by atoms with Crippen LogP contribution in [0.2, 0.25) is 0 Å². The van der Waals surface area contributed by atoms with Crippen LogP contribution in [0.15, 0.2) is 10.5 Å². The standard InChI is InChI=1S/C12H14BrFO4/c1-12(2,11(16)17)5-6-4-7(13)8(14)10(18-3)9(6)15/h4,15H,5H2,1-3H3,(H,16,17). The van der Waals surface area contributed by atoms with Gasteiger partial charge in [0.2, 0.25) is 0 Å². The minimum Gasteiger partial charge on any atom is -0.504 e. The van der Waals surface area contributed by atoms with Crippen molar-refractivity contribution >= 4 is 21.9 Å². The average molecular weight is 321 g/mol. The van der Waals surface area contributed by atoms with Gasteiger partial charge in [-0.15, -0.1) is 0 Å². The monoisotopic (exact) mass is 320 g/mol. The van der Waals surface area contributed by atoms with Crippen molar-refractivity contribution in [3.05, 3.63) is 21.9 Å². The summed E-state index contributed by atoms with van der Waals surface area (Å²) in [6.07, 6.45) is 0.0589. The molecule has 1 aromatic rings. The molecular formula is C12H14BrFO4. The SMILES string of the molecule is COc1c(O)c(CC(C)(C)C(=O)O)cc(Br)c1F. The van der Waals surface area contributed by atoms with E-state index in [9.17, 15) is 14.3 Å². The molecule has 18 heavy (non-hydrogen) atoms. The van der Waals surface area contributed by atoms with E-state index in [0.29, 0.717) is 5.56 Å². The Morgan fingerprint density at radius 3 is 2.56 bits per heavy atom. The highest BCUT2D eigenvalue weighted by atomic mass is 79.9. The Morgan fingerprint density at radius 2 is 2.11 bits per heavy atom. The Hall–Kier alpha value is -1.30. The molecule has 0 atom stereocenters. The van der Waals surface area contributed by atoms with Crippen LogP contribution in [0.1, 0.15) is 19.4 Å². The van der Waals surface area contributed by atoms with Gasteiger partial charge in [-0.1, -0.05) is 0 Å². The molecule has 0 aromatic heterocycles. The van der Waals surface area contributed by atoms with Gasteiger partial charge >= 0.3 is 5.97 Å². The van der Waals surface area contributed by atoms with Crippen LogP contribution >= 0.6 is 15.9 Å². The first-order valence-electron chi connectivity index (χ1n) is 5.18. The zero-order valence-corrected chi connectivity index (χ0v) is 11.8. The van der Waals surface area contributed by atoms with Crippen LogP contribution in [0.3, 0.4) is 0 Å². The fourth-order valence-electron chi connectivity index (χ4n) is 1.52. The van der Waals surface area contributed by atoms with Gasteiger partial charge in [0.05, 0.1) is 17.0 Å². The normalized spacial score (nSPS) is 11.4. The molecule has 0 aliphatic heterocycles. The topological polar surface area (TPSA) is 66.8 Å². The number of carboxylic acids is 1. The minimum absolute atomic E-state index is 0.0589. The van der Waals surface area contributed by atoms with Crippen molar-refractivity contribution in [1.82, 2.24) is 0 Å². The lowest BCUT2D eigenvalue weighted by Gasteiger charge is -2.20. The summed E-state index contributed by atoms with van der Waals surface area (Å²) in [5, 5.41) is 18.9. The molecule has 0 fully saturated rings. The number of hydrogen-bond donors (Lipinski definition) is 2. The first kappa shape index (κ1) is 14.8. The molecule has 0 radical (unpaired) electrons. The number of rotatable bonds is 4. The predicted octanol–water partition coefficient (Wildman–Crippen LogP) is 2.96. The second-order valence-electron chi connectivity index (χ2n) is 4.58. The van der Waals surface area contributed by atoms with Gasteiger partial charge < -0.3 is 14.9 Å². The number of aromatic hydroxyl groups is 1. The van der Waals surface area contributed by atoms with Crippen LogP contribution < -0.4 is 4.74 Å². The number of carboxylic acid groups (broad SMARTS) is 1. The Balaban J connectivity index is 3.27. The summed E-state index contributed by atoms with van der Waals surface area (Å²) in [5.74, 6) is -2.37. The maximum atomic E-state index is 13.6. The van der Waals surface area contributed by atoms with E-state index in [4.69, 9.17) is 9.84 Å². The number of phenolic OH excluding ortho intramolecular Hbond substituents is 1. The molecule has 0 amide bonds. The summed E-state index contributed by atoms with van der Waals surface area (Å²) in [5.41, 5.74) is -0.757. The van der Waals surface area contributed by atoms with Gasteiger partial charge in [0.25, 0.3) is 0 Å². The van der Waals surface area contributed by atoms with Crippen LogP contribution in [0.4, 0.5) is 4.39 Å². The molecule has 0 saturated carbocycles. The number of hydrogen-bond acceptors (Lipinski definition) is 3. The van der Waals surface area contributed by atoms with Gasteiger partial charge in [-0.05, 0) is 42.3 Å². The lowest BCUT2D eigenvalue weighted by atomic mass is 9.85. The van der Waals surface area contributed by atoms with Crippen LogP contribution in [-0.4, -0.2) is 23.3 Å². The molecule has 1 aromatic carbocycles. The number of phenols is 1. The van der Waals surface area contributed by atoms with Gasteiger partial charge in [0.1, 0.15) is 0 Å². The molecule has 0 bridgehead atoms. The Labute approximate surface area is 113 Å². The maximum absolute atomic E-state index is 13.6. The first-order chi connectivity index (χ1) is 8.20. The third-order valence-electron chi connectivity index (χ3n) is 2.64. The highest BCUT2D eigenvalue weighted by Gasteiger charge is 2.30. The summed E-state index contributed by atoms with van der Waals surface area (Å²) < 4.78 is 18.5. The molecule has 0 aliphatic rings. The molecular weight excluding hydrogens is 307 g/mol. The van der Waals surface area contributed by atoms with E-state index in [-0.39, 0.29) is 22.4 Å². The summed E-state index contributed by atoms with van der Waals surface area (Å²) in [7, 11) is 1.23. The molecule has 0 heterocycles. The Morgan fingerprint density at radius 1 is 1.56 bits per heavy atom. The molecule has 0 aliphatic carbocycles. The Kier molecular flexibility index (Phi) is 4.21. The fourth-order valence-corrected chi connectivity index (χ4v) is 1.97. The highest BCUT2D eigenvalue weighted by Crippen LogP contribution is 2.39. The fraction of sp³-hybridized carbons (Fsp3) is 0.417. The molecule has 1 rings (SSSR count). The third-order valence-corrected chi connectivity index (χ3v) is 3.22. The average Bonchev–Trinajstić information content (AvgIpc) is 2.26. The lowest BCUT2D eigenvalue weighted by molar-refractivity contribution is -0.146. The summed E-state index contributed by atoms with van der Waals surface area (Å²) in [6, 6.07) is 1.36. The van der Waals surface area contributed by atoms with Crippen LogP contribution in [0, 0.1) is 11.2 Å². The van der Waals surface area contributed by atoms with Crippen LogP contribution in [0.5, 0.6) is 11.5 Å². The molecule has 0 spiro atoms. The first-order valence-corrected chi connectivity index (χ1v) is 5.97. The number of benzene rings is 1. The molecule has 2 N–H and O–H groups in total. The second-order valence-corrected chi connectivity index (χ2v) is 5.43. The largest absolute Gasteiger partial charge is 0.504 e. The Bertz CT molecular complexity index is 485. The van der Waals surface area contributed by atoms with Gasteiger partial charge in [0.15, 0.2) is 17.3 Å². The van der Waals surface area contributed by atoms with E-state index in [1.165, 1.54) is 27.0 Å². The molecule has 0 saturated heterocycles. The highest BCUT2D eigenvalue weighted by molar-refractivity contribution is 9.10. The minimum atomic E-state index is -1.07. The van der Waals surface area contributed by atoms with Gasteiger partial charge in [0, 0.05) is 5.56 Å². The summed E-state index contributed by atoms with van der Waals surface area (Å²) >= 11 is 3.00. The molecule has 6 heteroatoms. The quantitative estimate of drug-likeness (QED) is 0.895. The third kappa shape index (κ3) is 2.75. The predicted molar refractivity (Wildman–Crippen MR) is 67.4 cm³/mol. The van der Waals surface area contributed by atoms with Crippen LogP contribution in [-0.2, 0) is 11.2 Å². The number of methoxy groups -OCH3 is 1. The number of halogens is 2. The van der Waals surface area contributed by atoms with E-state index in [1.807, 2.05) is 0 Å². The van der Waals surface area contributed by atoms with Crippen molar-refractivity contribution in [2.75, 3.05) is 7.11 Å². The molecule has 100 valence electrons. The van der Waals surface area contributed by atoms with E-state index in [1.54, 1.807) is 0 Å². The zero-order valence-electron chi connectivity index (χ0n) is 10.3. The zero-order chi connectivity index (χ0) is 14.1. The van der Waals surface area contributed by atoms with Crippen molar-refractivity contribution in [3.8, 4) is 11.5 Å². The number of ether oxygens (including phenoxy) is 1.